The van der Waals surface area contributed by atoms with Gasteiger partial charge in [-0.15, -0.1) is 8.78 Å². The van der Waals surface area contributed by atoms with Crippen LogP contribution in [0.1, 0.15) is 0 Å². The molecule has 3 N–H and O–H groups in total. The number of hydrogen-bond donors (Lipinski definition) is 2. The molecule has 3 rings (SSSR count). The molecule has 2 aromatic carbocycles. The fraction of sp³-hybridized carbons (Fsp3) is 0.0769. The average molecular weight is 300 g/mol. The lowest BCUT2D eigenvalue weighted by Crippen LogP contribution is -2.25. The molecule has 1 aliphatic rings. The Bertz CT molecular complexity index is 722. The van der Waals surface area contributed by atoms with E-state index < -0.39 is 17.9 Å². The van der Waals surface area contributed by atoms with E-state index in [4.69, 9.17) is 5.73 Å². The molecule has 1 heterocycles. The third-order valence-corrected chi connectivity index (χ3v) is 2.77. The summed E-state index contributed by atoms with van der Waals surface area (Å²) in [6.45, 7) is 0. The summed E-state index contributed by atoms with van der Waals surface area (Å²) in [5.74, 6) is -2.08. The molecule has 8 heteroatoms. The van der Waals surface area contributed by atoms with Gasteiger partial charge < -0.3 is 20.5 Å². The van der Waals surface area contributed by atoms with Gasteiger partial charge in [0.1, 0.15) is 5.82 Å². The number of hydrogen-bond acceptors (Lipinski definition) is 4. The van der Waals surface area contributed by atoms with Crippen molar-refractivity contribution in [3.63, 3.8) is 0 Å². The van der Waals surface area contributed by atoms with Crippen molar-refractivity contribution in [1.82, 2.24) is 0 Å². The first-order valence-electron chi connectivity index (χ1n) is 5.75. The molecule has 0 amide bonds. The van der Waals surface area contributed by atoms with Crippen molar-refractivity contribution < 1.29 is 27.0 Å². The van der Waals surface area contributed by atoms with Crippen LogP contribution in [-0.2, 0) is 0 Å². The van der Waals surface area contributed by atoms with E-state index in [1.807, 2.05) is 0 Å². The molecule has 4 nitrogen and oxygen atoms in total. The number of nitrogens with two attached hydrogens (primary N) is 1. The van der Waals surface area contributed by atoms with E-state index in [2.05, 4.69) is 14.8 Å². The van der Waals surface area contributed by atoms with E-state index in [9.17, 15) is 17.6 Å². The molecule has 0 aliphatic carbocycles. The largest absolute Gasteiger partial charge is 0.586 e. The van der Waals surface area contributed by atoms with Crippen LogP contribution in [0.3, 0.4) is 0 Å². The molecule has 0 radical (unpaired) electrons. The predicted molar refractivity (Wildman–Crippen MR) is 66.7 cm³/mol. The first-order chi connectivity index (χ1) is 9.84. The first kappa shape index (κ1) is 13.3. The fourth-order valence-corrected chi connectivity index (χ4v) is 1.87. The molecule has 0 atom stereocenters. The molecule has 0 unspecified atom stereocenters. The Hall–Kier alpha value is -2.64. The molecule has 0 fully saturated rings. The smallest absolute Gasteiger partial charge is 0.395 e. The summed E-state index contributed by atoms with van der Waals surface area (Å²) in [5, 5.41) is 2.63. The summed E-state index contributed by atoms with van der Waals surface area (Å²) in [5.41, 5.74) is 5.41. The second kappa shape index (κ2) is 4.44. The lowest BCUT2D eigenvalue weighted by Gasteiger charge is -2.10. The summed E-state index contributed by atoms with van der Waals surface area (Å²) in [7, 11) is 0. The van der Waals surface area contributed by atoms with E-state index in [1.54, 1.807) is 0 Å². The van der Waals surface area contributed by atoms with Gasteiger partial charge >= 0.3 is 6.29 Å². The number of nitrogens with one attached hydrogen (secondary N) is 1. The van der Waals surface area contributed by atoms with Crippen LogP contribution in [0.4, 0.5) is 34.6 Å². The van der Waals surface area contributed by atoms with Crippen molar-refractivity contribution in [2.24, 2.45) is 0 Å². The SMILES string of the molecule is Nc1c(F)cc(F)cc1Nc1ccc2c(c1)OC(F)(F)O2. The Balaban J connectivity index is 1.91. The van der Waals surface area contributed by atoms with Crippen LogP contribution >= 0.6 is 0 Å². The Morgan fingerprint density at radius 3 is 2.48 bits per heavy atom. The maximum Gasteiger partial charge on any atom is 0.586 e. The van der Waals surface area contributed by atoms with Gasteiger partial charge in [-0.2, -0.15) is 0 Å². The number of rotatable bonds is 2. The number of ether oxygens (including phenoxy) is 2. The van der Waals surface area contributed by atoms with Crippen LogP contribution in [0.2, 0.25) is 0 Å². The molecular formula is C13H8F4N2O2. The van der Waals surface area contributed by atoms with Gasteiger partial charge in [-0.25, -0.2) is 8.78 Å². The Kier molecular flexibility index (Phi) is 2.82. The number of halogens is 4. The minimum absolute atomic E-state index is 0.0295. The number of nitrogen functional groups attached to an aromatic ring is 1. The van der Waals surface area contributed by atoms with Gasteiger partial charge in [0, 0.05) is 17.8 Å². The predicted octanol–water partition coefficient (Wildman–Crippen LogP) is 3.61. The third-order valence-electron chi connectivity index (χ3n) is 2.77. The van der Waals surface area contributed by atoms with Crippen molar-refractivity contribution >= 4 is 17.1 Å². The maximum atomic E-state index is 13.3. The van der Waals surface area contributed by atoms with Gasteiger partial charge in [-0.05, 0) is 18.2 Å². The number of anilines is 3. The van der Waals surface area contributed by atoms with Crippen molar-refractivity contribution in [2.45, 2.75) is 6.29 Å². The topological polar surface area (TPSA) is 56.5 Å². The fourth-order valence-electron chi connectivity index (χ4n) is 1.87. The molecule has 1 aliphatic heterocycles. The zero-order chi connectivity index (χ0) is 15.2. The summed E-state index contributed by atoms with van der Waals surface area (Å²) in [6.07, 6.45) is -3.73. The monoisotopic (exact) mass is 300 g/mol. The average Bonchev–Trinajstić information content (AvgIpc) is 2.68. The number of alkyl halides is 2. The Labute approximate surface area is 116 Å². The second-order valence-electron chi connectivity index (χ2n) is 4.30. The lowest BCUT2D eigenvalue weighted by atomic mass is 10.2. The molecule has 0 bridgehead atoms. The van der Waals surface area contributed by atoms with Crippen LogP contribution in [0, 0.1) is 11.6 Å². The van der Waals surface area contributed by atoms with Crippen molar-refractivity contribution in [2.75, 3.05) is 11.1 Å². The van der Waals surface area contributed by atoms with Gasteiger partial charge in [0.2, 0.25) is 0 Å². The zero-order valence-electron chi connectivity index (χ0n) is 10.3. The quantitative estimate of drug-likeness (QED) is 0.657. The summed E-state index contributed by atoms with van der Waals surface area (Å²) >= 11 is 0. The van der Waals surface area contributed by atoms with E-state index in [0.29, 0.717) is 6.07 Å². The van der Waals surface area contributed by atoms with E-state index in [1.165, 1.54) is 18.2 Å². The van der Waals surface area contributed by atoms with Crippen LogP contribution in [0.15, 0.2) is 30.3 Å². The minimum atomic E-state index is -3.73. The van der Waals surface area contributed by atoms with Crippen LogP contribution in [0.25, 0.3) is 0 Å². The van der Waals surface area contributed by atoms with Crippen molar-refractivity contribution in [3.05, 3.63) is 42.0 Å². The highest BCUT2D eigenvalue weighted by molar-refractivity contribution is 5.74. The van der Waals surface area contributed by atoms with E-state index >= 15 is 0 Å². The number of benzene rings is 2. The second-order valence-corrected chi connectivity index (χ2v) is 4.30. The van der Waals surface area contributed by atoms with Crippen LogP contribution in [-0.4, -0.2) is 6.29 Å². The maximum absolute atomic E-state index is 13.3. The molecule has 21 heavy (non-hydrogen) atoms. The molecule has 0 aromatic heterocycles. The summed E-state index contributed by atoms with van der Waals surface area (Å²) in [6, 6.07) is 5.45. The highest BCUT2D eigenvalue weighted by Crippen LogP contribution is 2.42. The van der Waals surface area contributed by atoms with Gasteiger partial charge in [0.15, 0.2) is 17.3 Å². The highest BCUT2D eigenvalue weighted by Gasteiger charge is 2.43. The normalized spacial score (nSPS) is 15.0. The van der Waals surface area contributed by atoms with Crippen molar-refractivity contribution in [1.29, 1.82) is 0 Å². The van der Waals surface area contributed by atoms with Crippen LogP contribution in [0.5, 0.6) is 11.5 Å². The summed E-state index contributed by atoms with van der Waals surface area (Å²) in [4.78, 5) is 0. The van der Waals surface area contributed by atoms with Gasteiger partial charge in [-0.1, -0.05) is 0 Å². The first-order valence-corrected chi connectivity index (χ1v) is 5.75. The highest BCUT2D eigenvalue weighted by atomic mass is 19.3. The molecule has 110 valence electrons. The molecule has 0 saturated carbocycles. The molecule has 2 aromatic rings. The zero-order valence-corrected chi connectivity index (χ0v) is 10.3. The minimum Gasteiger partial charge on any atom is -0.395 e. The van der Waals surface area contributed by atoms with Gasteiger partial charge in [0.25, 0.3) is 0 Å². The van der Waals surface area contributed by atoms with Gasteiger partial charge in [-0.3, -0.25) is 0 Å². The number of fused-ring (bicyclic) bond motifs is 1. The Morgan fingerprint density at radius 1 is 1.00 bits per heavy atom. The Morgan fingerprint density at radius 2 is 1.71 bits per heavy atom. The van der Waals surface area contributed by atoms with Gasteiger partial charge in [0.05, 0.1) is 11.4 Å². The standard InChI is InChI=1S/C13H8F4N2O2/c14-6-3-8(15)12(18)9(4-6)19-7-1-2-10-11(5-7)21-13(16,17)20-10/h1-5,19H,18H2. The lowest BCUT2D eigenvalue weighted by molar-refractivity contribution is -0.286. The van der Waals surface area contributed by atoms with Crippen LogP contribution < -0.4 is 20.5 Å². The molecular weight excluding hydrogens is 292 g/mol. The van der Waals surface area contributed by atoms with E-state index in [-0.39, 0.29) is 28.6 Å². The summed E-state index contributed by atoms with van der Waals surface area (Å²) < 4.78 is 60.7. The van der Waals surface area contributed by atoms with E-state index in [0.717, 1.165) is 6.07 Å². The van der Waals surface area contributed by atoms with Crippen molar-refractivity contribution in [3.8, 4) is 11.5 Å². The molecule has 0 saturated heterocycles. The molecule has 0 spiro atoms. The third kappa shape index (κ3) is 2.51.